The third-order valence-electron chi connectivity index (χ3n) is 3.12. The number of nitrogens with zero attached hydrogens (tertiary/aromatic N) is 1. The molecule has 6 nitrogen and oxygen atoms in total. The maximum Gasteiger partial charge on any atom is 0.405 e. The van der Waals surface area contributed by atoms with Crippen LogP contribution in [0.1, 0.15) is 20.8 Å². The van der Waals surface area contributed by atoms with Crippen LogP contribution in [-0.4, -0.2) is 41.8 Å². The normalized spacial score (nSPS) is 11.7. The van der Waals surface area contributed by atoms with E-state index < -0.39 is 30.2 Å². The van der Waals surface area contributed by atoms with Gasteiger partial charge in [-0.1, -0.05) is 34.8 Å². The van der Waals surface area contributed by atoms with Crippen LogP contribution in [0.15, 0.2) is 12.1 Å². The summed E-state index contributed by atoms with van der Waals surface area (Å²) in [6, 6.07) is 1.80. The summed E-state index contributed by atoms with van der Waals surface area (Å²) in [6.07, 6.45) is -4.57. The lowest BCUT2D eigenvalue weighted by molar-refractivity contribution is -0.141. The van der Waals surface area contributed by atoms with Crippen LogP contribution in [0.3, 0.4) is 0 Å². The van der Waals surface area contributed by atoms with E-state index in [4.69, 9.17) is 39.6 Å². The van der Waals surface area contributed by atoms with Gasteiger partial charge in [0, 0.05) is 12.1 Å². The van der Waals surface area contributed by atoms with Crippen molar-refractivity contribution in [3.63, 3.8) is 0 Å². The lowest BCUT2D eigenvalue weighted by Crippen LogP contribution is -2.59. The molecule has 27 heavy (non-hydrogen) atoms. The van der Waals surface area contributed by atoms with E-state index >= 15 is 0 Å². The standard InChI is InChI=1S/C15H17Cl3F3N3O3/c1-4-24(27-8-5-9(16)11(18)10(17)6-8)13(26)23-14(2,3)12(25)22-7-15(19,20)21/h5-6H,4,7H2,1-3H3,(H,22,25)(H,23,26). The zero-order valence-electron chi connectivity index (χ0n) is 14.5. The van der Waals surface area contributed by atoms with Gasteiger partial charge in [0.15, 0.2) is 5.75 Å². The molecule has 0 spiro atoms. The van der Waals surface area contributed by atoms with Crippen molar-refractivity contribution in [2.75, 3.05) is 13.1 Å². The number of halogens is 6. The van der Waals surface area contributed by atoms with Crippen LogP contribution in [0.2, 0.25) is 15.1 Å². The molecule has 0 aliphatic rings. The highest BCUT2D eigenvalue weighted by atomic mass is 35.5. The number of carbonyl (C=O) groups excluding carboxylic acids is 2. The first-order chi connectivity index (χ1) is 12.3. The van der Waals surface area contributed by atoms with Gasteiger partial charge in [0.05, 0.1) is 21.6 Å². The number of urea groups is 1. The Kier molecular flexibility index (Phi) is 7.88. The van der Waals surface area contributed by atoms with Gasteiger partial charge >= 0.3 is 12.2 Å². The van der Waals surface area contributed by atoms with Crippen molar-refractivity contribution in [3.05, 3.63) is 27.2 Å². The molecule has 0 aliphatic heterocycles. The smallest absolute Gasteiger partial charge is 0.375 e. The van der Waals surface area contributed by atoms with Crippen LogP contribution in [0, 0.1) is 0 Å². The fraction of sp³-hybridized carbons (Fsp3) is 0.467. The Labute approximate surface area is 168 Å². The summed E-state index contributed by atoms with van der Waals surface area (Å²) < 4.78 is 36.7. The van der Waals surface area contributed by atoms with E-state index in [1.807, 2.05) is 0 Å². The van der Waals surface area contributed by atoms with Gasteiger partial charge in [0.2, 0.25) is 5.91 Å². The fourth-order valence-corrected chi connectivity index (χ4v) is 2.33. The van der Waals surface area contributed by atoms with Crippen LogP contribution in [0.5, 0.6) is 5.75 Å². The first-order valence-electron chi connectivity index (χ1n) is 7.54. The fourth-order valence-electron chi connectivity index (χ4n) is 1.75. The highest BCUT2D eigenvalue weighted by molar-refractivity contribution is 6.48. The second-order valence-corrected chi connectivity index (χ2v) is 7.03. The first kappa shape index (κ1) is 23.5. The van der Waals surface area contributed by atoms with Gasteiger partial charge in [-0.3, -0.25) is 4.79 Å². The molecule has 0 saturated heterocycles. The largest absolute Gasteiger partial charge is 0.405 e. The van der Waals surface area contributed by atoms with Crippen molar-refractivity contribution in [2.45, 2.75) is 32.5 Å². The maximum absolute atomic E-state index is 12.3. The van der Waals surface area contributed by atoms with Crippen molar-refractivity contribution < 1.29 is 27.6 Å². The molecule has 1 rings (SSSR count). The van der Waals surface area contributed by atoms with Crippen LogP contribution >= 0.6 is 34.8 Å². The van der Waals surface area contributed by atoms with E-state index in [-0.39, 0.29) is 27.4 Å². The zero-order chi connectivity index (χ0) is 21.0. The number of nitrogens with one attached hydrogen (secondary N) is 2. The Morgan fingerprint density at radius 3 is 2.11 bits per heavy atom. The molecule has 0 fully saturated rings. The second kappa shape index (κ2) is 9.07. The van der Waals surface area contributed by atoms with Crippen molar-refractivity contribution in [2.24, 2.45) is 0 Å². The minimum atomic E-state index is -4.57. The Morgan fingerprint density at radius 2 is 1.67 bits per heavy atom. The Bertz CT molecular complexity index is 692. The first-order valence-corrected chi connectivity index (χ1v) is 8.67. The number of carbonyl (C=O) groups is 2. The average Bonchev–Trinajstić information content (AvgIpc) is 2.53. The minimum Gasteiger partial charge on any atom is -0.375 e. The summed E-state index contributed by atoms with van der Waals surface area (Å²) >= 11 is 17.6. The summed E-state index contributed by atoms with van der Waals surface area (Å²) in [6.45, 7) is 2.61. The van der Waals surface area contributed by atoms with Crippen molar-refractivity contribution >= 4 is 46.7 Å². The molecule has 0 unspecified atom stereocenters. The van der Waals surface area contributed by atoms with Crippen LogP contribution < -0.4 is 15.5 Å². The number of alkyl halides is 3. The summed E-state index contributed by atoms with van der Waals surface area (Å²) in [5.41, 5.74) is -1.63. The molecular weight excluding hydrogens is 434 g/mol. The molecule has 1 aromatic carbocycles. The van der Waals surface area contributed by atoms with E-state index in [9.17, 15) is 22.8 Å². The molecule has 2 N–H and O–H groups in total. The highest BCUT2D eigenvalue weighted by Crippen LogP contribution is 2.34. The van der Waals surface area contributed by atoms with Gasteiger partial charge < -0.3 is 15.5 Å². The summed E-state index contributed by atoms with van der Waals surface area (Å²) in [7, 11) is 0. The molecule has 12 heteroatoms. The van der Waals surface area contributed by atoms with Gasteiger partial charge in [-0.25, -0.2) is 4.79 Å². The molecule has 0 bridgehead atoms. The van der Waals surface area contributed by atoms with E-state index in [0.29, 0.717) is 0 Å². The van der Waals surface area contributed by atoms with Gasteiger partial charge in [0.25, 0.3) is 0 Å². The number of hydrogen-bond donors (Lipinski definition) is 2. The molecule has 0 atom stereocenters. The number of hydrogen-bond acceptors (Lipinski definition) is 3. The van der Waals surface area contributed by atoms with E-state index in [2.05, 4.69) is 5.32 Å². The third kappa shape index (κ3) is 7.15. The topological polar surface area (TPSA) is 70.7 Å². The number of amides is 3. The quantitative estimate of drug-likeness (QED) is 0.498. The predicted molar refractivity (Wildman–Crippen MR) is 96.2 cm³/mol. The monoisotopic (exact) mass is 449 g/mol. The van der Waals surface area contributed by atoms with Crippen molar-refractivity contribution in [3.8, 4) is 5.75 Å². The Morgan fingerprint density at radius 1 is 1.15 bits per heavy atom. The summed E-state index contributed by atoms with van der Waals surface area (Å²) in [5, 5.41) is 5.16. The molecule has 0 radical (unpaired) electrons. The van der Waals surface area contributed by atoms with Crippen LogP contribution in [0.4, 0.5) is 18.0 Å². The maximum atomic E-state index is 12.3. The number of hydroxylamine groups is 2. The molecule has 0 heterocycles. The molecular formula is C15H17Cl3F3N3O3. The van der Waals surface area contributed by atoms with Gasteiger partial charge in [-0.15, -0.1) is 0 Å². The number of benzene rings is 1. The molecule has 3 amide bonds. The predicted octanol–water partition coefficient (Wildman–Crippen LogP) is 4.43. The van der Waals surface area contributed by atoms with Gasteiger partial charge in [-0.05, 0) is 20.8 Å². The Balaban J connectivity index is 2.81. The van der Waals surface area contributed by atoms with Crippen LogP contribution in [-0.2, 0) is 4.79 Å². The third-order valence-corrected chi connectivity index (χ3v) is 4.32. The van der Waals surface area contributed by atoms with Crippen LogP contribution in [0.25, 0.3) is 0 Å². The summed E-state index contributed by atoms with van der Waals surface area (Å²) in [4.78, 5) is 29.6. The SMILES string of the molecule is CCN(Oc1cc(Cl)c(Cl)c(Cl)c1)C(=O)NC(C)(C)C(=O)NCC(F)(F)F. The zero-order valence-corrected chi connectivity index (χ0v) is 16.8. The van der Waals surface area contributed by atoms with E-state index in [1.54, 1.807) is 12.2 Å². The lowest BCUT2D eigenvalue weighted by atomic mass is 10.1. The molecule has 1 aromatic rings. The molecule has 0 saturated carbocycles. The minimum absolute atomic E-state index is 0.0456. The molecule has 0 aliphatic carbocycles. The second-order valence-electron chi connectivity index (χ2n) is 5.84. The lowest BCUT2D eigenvalue weighted by Gasteiger charge is -2.29. The number of rotatable bonds is 6. The summed E-state index contributed by atoms with van der Waals surface area (Å²) in [5.74, 6) is -0.910. The van der Waals surface area contributed by atoms with E-state index in [0.717, 1.165) is 5.06 Å². The van der Waals surface area contributed by atoms with Gasteiger partial charge in [-0.2, -0.15) is 18.2 Å². The molecule has 0 aromatic heterocycles. The molecule has 152 valence electrons. The van der Waals surface area contributed by atoms with Gasteiger partial charge in [0.1, 0.15) is 12.1 Å². The highest BCUT2D eigenvalue weighted by Gasteiger charge is 2.35. The van der Waals surface area contributed by atoms with Crippen molar-refractivity contribution in [1.82, 2.24) is 15.7 Å². The van der Waals surface area contributed by atoms with E-state index in [1.165, 1.54) is 26.0 Å². The van der Waals surface area contributed by atoms with Crippen molar-refractivity contribution in [1.29, 1.82) is 0 Å². The Hall–Kier alpha value is -1.58. The average molecular weight is 451 g/mol.